The molecular weight excluding hydrogens is 474 g/mol. The van der Waals surface area contributed by atoms with E-state index in [1.54, 1.807) is 24.3 Å². The smallest absolute Gasteiger partial charge is 0.325 e. The summed E-state index contributed by atoms with van der Waals surface area (Å²) in [5, 5.41) is 12.8. The molecule has 0 aliphatic carbocycles. The molecule has 3 rings (SSSR count). The van der Waals surface area contributed by atoms with Crippen molar-refractivity contribution in [1.29, 1.82) is 0 Å². The van der Waals surface area contributed by atoms with Gasteiger partial charge < -0.3 is 9.64 Å². The number of rotatable bonds is 9. The van der Waals surface area contributed by atoms with Gasteiger partial charge in [0.25, 0.3) is 5.91 Å². The minimum Gasteiger partial charge on any atom is -0.457 e. The Hall–Kier alpha value is -3.15. The average Bonchev–Trinajstić information content (AvgIpc) is 2.96. The van der Waals surface area contributed by atoms with Crippen molar-refractivity contribution in [2.24, 2.45) is 0 Å². The van der Waals surface area contributed by atoms with Crippen molar-refractivity contribution in [2.75, 3.05) is 12.3 Å². The van der Waals surface area contributed by atoms with Crippen molar-refractivity contribution in [1.82, 2.24) is 15.3 Å². The molecule has 0 saturated carbocycles. The Morgan fingerprint density at radius 1 is 1.12 bits per heavy atom. The first-order chi connectivity index (χ1) is 15.4. The van der Waals surface area contributed by atoms with E-state index in [1.165, 1.54) is 38.1 Å². The molecule has 1 aliphatic heterocycles. The number of ether oxygens (including phenoxy) is 1. The van der Waals surface area contributed by atoms with Crippen molar-refractivity contribution in [2.45, 2.75) is 30.3 Å². The molecule has 1 fully saturated rings. The van der Waals surface area contributed by atoms with Gasteiger partial charge in [-0.2, -0.15) is 0 Å². The highest BCUT2D eigenvalue weighted by Gasteiger charge is 2.47. The van der Waals surface area contributed by atoms with Gasteiger partial charge in [-0.05, 0) is 62.4 Å². The van der Waals surface area contributed by atoms with Crippen LogP contribution < -0.4 is 10.1 Å². The zero-order chi connectivity index (χ0) is 24.4. The lowest BCUT2D eigenvalue weighted by molar-refractivity contribution is -0.159. The number of urea groups is 1. The number of sulfone groups is 1. The fourth-order valence-electron chi connectivity index (χ4n) is 3.22. The molecule has 4 amide bonds. The number of benzene rings is 2. The van der Waals surface area contributed by atoms with E-state index >= 15 is 0 Å². The molecule has 0 spiro atoms. The van der Waals surface area contributed by atoms with E-state index < -0.39 is 39.1 Å². The number of imide groups is 1. The molecule has 2 N–H and O–H groups in total. The molecule has 1 heterocycles. The highest BCUT2D eigenvalue weighted by Crippen LogP contribution is 2.26. The van der Waals surface area contributed by atoms with E-state index in [4.69, 9.17) is 16.3 Å². The van der Waals surface area contributed by atoms with Crippen LogP contribution in [0, 0.1) is 0 Å². The van der Waals surface area contributed by atoms with Gasteiger partial charge in [-0.1, -0.05) is 11.6 Å². The number of carbonyl (C=O) groups excluding carboxylic acids is 3. The maximum Gasteiger partial charge on any atom is 0.325 e. The molecule has 33 heavy (non-hydrogen) atoms. The van der Waals surface area contributed by atoms with Crippen LogP contribution in [0.5, 0.6) is 11.5 Å². The van der Waals surface area contributed by atoms with Crippen LogP contribution in [-0.4, -0.2) is 65.8 Å². The first-order valence-electron chi connectivity index (χ1n) is 9.76. The number of nitrogens with one attached hydrogen (secondary N) is 1. The number of amides is 4. The quantitative estimate of drug-likeness (QED) is 0.236. The van der Waals surface area contributed by atoms with Gasteiger partial charge in [0.15, 0.2) is 9.84 Å². The van der Waals surface area contributed by atoms with Crippen LogP contribution in [0.3, 0.4) is 0 Å². The molecule has 1 atom stereocenters. The highest BCUT2D eigenvalue weighted by atomic mass is 35.5. The van der Waals surface area contributed by atoms with Gasteiger partial charge in [-0.15, -0.1) is 0 Å². The second kappa shape index (κ2) is 9.38. The maximum atomic E-state index is 13.0. The number of carbonyl (C=O) groups is 3. The number of halogens is 1. The van der Waals surface area contributed by atoms with E-state index in [0.29, 0.717) is 16.5 Å². The van der Waals surface area contributed by atoms with Gasteiger partial charge in [-0.25, -0.2) is 18.3 Å². The summed E-state index contributed by atoms with van der Waals surface area (Å²) in [4.78, 5) is 36.3. The molecule has 0 aromatic heterocycles. The summed E-state index contributed by atoms with van der Waals surface area (Å²) in [6.07, 6.45) is 0.0477. The molecule has 176 valence electrons. The van der Waals surface area contributed by atoms with Gasteiger partial charge in [0.05, 0.1) is 16.7 Å². The van der Waals surface area contributed by atoms with E-state index in [1.807, 2.05) is 0 Å². The van der Waals surface area contributed by atoms with Crippen molar-refractivity contribution in [3.8, 4) is 11.5 Å². The monoisotopic (exact) mass is 495 g/mol. The number of hydrogen-bond donors (Lipinski definition) is 2. The fourth-order valence-corrected chi connectivity index (χ4v) is 4.85. The molecule has 1 saturated heterocycles. The summed E-state index contributed by atoms with van der Waals surface area (Å²) in [7, 11) is -4.00. The van der Waals surface area contributed by atoms with Crippen LogP contribution in [0.2, 0.25) is 5.02 Å². The van der Waals surface area contributed by atoms with Crippen LogP contribution in [0.25, 0.3) is 0 Å². The van der Waals surface area contributed by atoms with Crippen molar-refractivity contribution < 1.29 is 32.7 Å². The van der Waals surface area contributed by atoms with Crippen LogP contribution in [0.15, 0.2) is 53.4 Å². The van der Waals surface area contributed by atoms with Gasteiger partial charge in [0, 0.05) is 11.6 Å². The Morgan fingerprint density at radius 3 is 2.15 bits per heavy atom. The summed E-state index contributed by atoms with van der Waals surface area (Å²) in [6, 6.07) is 10.2. The first kappa shape index (κ1) is 24.5. The van der Waals surface area contributed by atoms with Gasteiger partial charge in [0.1, 0.15) is 17.0 Å². The second-order valence-corrected chi connectivity index (χ2v) is 10.3. The van der Waals surface area contributed by atoms with Crippen LogP contribution in [0.1, 0.15) is 13.8 Å². The van der Waals surface area contributed by atoms with Gasteiger partial charge >= 0.3 is 6.03 Å². The molecule has 10 nitrogen and oxygen atoms in total. The molecule has 0 radical (unpaired) electrons. The largest absolute Gasteiger partial charge is 0.457 e. The molecular formula is C21H22ClN3O7S. The molecule has 12 heteroatoms. The number of hydrogen-bond acceptors (Lipinski definition) is 7. The van der Waals surface area contributed by atoms with E-state index in [0.717, 1.165) is 4.90 Å². The number of nitrogens with zero attached hydrogens (tertiary/aromatic N) is 2. The third-order valence-electron chi connectivity index (χ3n) is 5.22. The highest BCUT2D eigenvalue weighted by molar-refractivity contribution is 7.91. The fraction of sp³-hybridized carbons (Fsp3) is 0.286. The number of hydroxylamine groups is 2. The predicted molar refractivity (Wildman–Crippen MR) is 118 cm³/mol. The Labute approximate surface area is 195 Å². The zero-order valence-electron chi connectivity index (χ0n) is 17.8. The van der Waals surface area contributed by atoms with E-state index in [2.05, 4.69) is 5.32 Å². The third kappa shape index (κ3) is 5.44. The molecule has 1 unspecified atom stereocenters. The zero-order valence-corrected chi connectivity index (χ0v) is 19.3. The predicted octanol–water partition coefficient (Wildman–Crippen LogP) is 2.45. The Kier molecular flexibility index (Phi) is 6.96. The molecule has 0 bridgehead atoms. The normalized spacial score (nSPS) is 16.3. The molecule has 2 aromatic carbocycles. The van der Waals surface area contributed by atoms with Crippen molar-refractivity contribution in [3.05, 3.63) is 53.6 Å². The van der Waals surface area contributed by atoms with Gasteiger partial charge in [-0.3, -0.25) is 20.1 Å². The Morgan fingerprint density at radius 2 is 1.67 bits per heavy atom. The maximum absolute atomic E-state index is 13.0. The van der Waals surface area contributed by atoms with Crippen LogP contribution >= 0.6 is 11.6 Å². The summed E-state index contributed by atoms with van der Waals surface area (Å²) in [6.45, 7) is 2.57. The molecule has 1 aliphatic rings. The van der Waals surface area contributed by atoms with Crippen molar-refractivity contribution >= 4 is 39.8 Å². The standard InChI is InChI=1S/C21H22ClN3O7S/c1-21(2)19(27)23-20(28)24(21)11-15(25(29)13-26)12-33(30,31)18-9-7-17(8-10-18)32-16-5-3-14(22)4-6-16/h3-10,13,15,29H,11-12H2,1-2H3,(H,23,27,28). The second-order valence-electron chi connectivity index (χ2n) is 7.88. The minimum absolute atomic E-state index is 0.0477. The molecule has 2 aromatic rings. The van der Waals surface area contributed by atoms with Crippen molar-refractivity contribution in [3.63, 3.8) is 0 Å². The third-order valence-corrected chi connectivity index (χ3v) is 7.28. The minimum atomic E-state index is -4.00. The summed E-state index contributed by atoms with van der Waals surface area (Å²) in [5.41, 5.74) is -1.27. The lowest BCUT2D eigenvalue weighted by Gasteiger charge is -2.33. The van der Waals surface area contributed by atoms with Gasteiger partial charge in [0.2, 0.25) is 6.41 Å². The van der Waals surface area contributed by atoms with E-state index in [-0.39, 0.29) is 22.9 Å². The van der Waals surface area contributed by atoms with Crippen LogP contribution in [-0.2, 0) is 19.4 Å². The van der Waals surface area contributed by atoms with Crippen LogP contribution in [0.4, 0.5) is 4.79 Å². The first-order valence-corrected chi connectivity index (χ1v) is 11.8. The van der Waals surface area contributed by atoms with E-state index in [9.17, 15) is 28.0 Å². The summed E-state index contributed by atoms with van der Waals surface area (Å²) < 4.78 is 31.6. The Balaban J connectivity index is 1.77. The lowest BCUT2D eigenvalue weighted by atomic mass is 10.0. The summed E-state index contributed by atoms with van der Waals surface area (Å²) >= 11 is 5.84. The average molecular weight is 496 g/mol. The SMILES string of the molecule is CC1(C)C(=O)NC(=O)N1CC(CS(=O)(=O)c1ccc(Oc2ccc(Cl)cc2)cc1)N(O)C=O. The Bertz CT molecular complexity index is 1150. The lowest BCUT2D eigenvalue weighted by Crippen LogP contribution is -2.52. The topological polar surface area (TPSA) is 133 Å². The summed E-state index contributed by atoms with van der Waals surface area (Å²) in [5.74, 6) is -0.356.